The molecule has 1 saturated heterocycles. The van der Waals surface area contributed by atoms with Crippen molar-refractivity contribution in [3.05, 3.63) is 34.9 Å². The van der Waals surface area contributed by atoms with Crippen molar-refractivity contribution in [2.45, 2.75) is 31.7 Å². The van der Waals surface area contributed by atoms with Gasteiger partial charge in [0.15, 0.2) is 0 Å². The third-order valence-electron chi connectivity index (χ3n) is 3.67. The lowest BCUT2D eigenvalue weighted by atomic mass is 9.99. The van der Waals surface area contributed by atoms with Crippen LogP contribution in [0.2, 0.25) is 5.02 Å². The summed E-state index contributed by atoms with van der Waals surface area (Å²) in [5, 5.41) is 0.721. The first kappa shape index (κ1) is 14.4. The van der Waals surface area contributed by atoms with Crippen LogP contribution >= 0.6 is 11.6 Å². The second kappa shape index (κ2) is 6.92. The second-order valence-electron chi connectivity index (χ2n) is 4.94. The normalized spacial score (nSPS) is 18.0. The van der Waals surface area contributed by atoms with Gasteiger partial charge in [0.1, 0.15) is 0 Å². The largest absolute Gasteiger partial charge is 0.469 e. The number of hydrogen-bond donors (Lipinski definition) is 0. The van der Waals surface area contributed by atoms with E-state index in [1.54, 1.807) is 0 Å². The minimum atomic E-state index is -0.162. The number of carbonyl (C=O) groups excluding carboxylic acids is 1. The topological polar surface area (TPSA) is 29.5 Å². The first-order valence-electron chi connectivity index (χ1n) is 6.77. The minimum absolute atomic E-state index is 0.102. The maximum absolute atomic E-state index is 11.6. The number of likely N-dealkylation sites (tertiary alicyclic amines) is 1. The number of methoxy groups -OCH3 is 1. The van der Waals surface area contributed by atoms with Gasteiger partial charge in [0.05, 0.1) is 13.5 Å². The van der Waals surface area contributed by atoms with Crippen LogP contribution in [-0.4, -0.2) is 31.1 Å². The van der Waals surface area contributed by atoms with Gasteiger partial charge in [-0.15, -0.1) is 0 Å². The number of esters is 1. The van der Waals surface area contributed by atoms with Crippen LogP contribution in [-0.2, 0) is 9.53 Å². The number of hydrogen-bond acceptors (Lipinski definition) is 3. The number of nitrogens with zero attached hydrogens (tertiary/aromatic N) is 1. The van der Waals surface area contributed by atoms with E-state index in [0.717, 1.165) is 23.7 Å². The maximum atomic E-state index is 11.6. The van der Waals surface area contributed by atoms with E-state index in [1.165, 1.54) is 26.4 Å². The number of carbonyl (C=O) groups is 1. The van der Waals surface area contributed by atoms with Gasteiger partial charge in [0.2, 0.25) is 0 Å². The first-order chi connectivity index (χ1) is 9.20. The summed E-state index contributed by atoms with van der Waals surface area (Å²) in [5.74, 6) is -0.162. The van der Waals surface area contributed by atoms with Gasteiger partial charge < -0.3 is 4.74 Å². The van der Waals surface area contributed by atoms with Crippen LogP contribution in [0.4, 0.5) is 0 Å². The molecular formula is C15H20ClNO2. The molecule has 0 unspecified atom stereocenters. The van der Waals surface area contributed by atoms with E-state index >= 15 is 0 Å². The van der Waals surface area contributed by atoms with Gasteiger partial charge in [0.25, 0.3) is 0 Å². The molecule has 0 radical (unpaired) electrons. The fraction of sp³-hybridized carbons (Fsp3) is 0.533. The highest BCUT2D eigenvalue weighted by Gasteiger charge is 2.24. The predicted molar refractivity (Wildman–Crippen MR) is 76.3 cm³/mol. The molecule has 0 aliphatic carbocycles. The van der Waals surface area contributed by atoms with Gasteiger partial charge in [-0.25, -0.2) is 0 Å². The molecule has 1 aliphatic rings. The van der Waals surface area contributed by atoms with Gasteiger partial charge in [-0.1, -0.05) is 30.2 Å². The quantitative estimate of drug-likeness (QED) is 0.792. The fourth-order valence-corrected chi connectivity index (χ4v) is 2.74. The lowest BCUT2D eigenvalue weighted by Crippen LogP contribution is -2.35. The highest BCUT2D eigenvalue weighted by molar-refractivity contribution is 6.30. The molecule has 1 fully saturated rings. The number of benzene rings is 1. The van der Waals surface area contributed by atoms with Crippen molar-refractivity contribution in [1.82, 2.24) is 4.90 Å². The summed E-state index contributed by atoms with van der Waals surface area (Å²) >= 11 is 5.93. The van der Waals surface area contributed by atoms with Gasteiger partial charge in [-0.3, -0.25) is 9.69 Å². The molecular weight excluding hydrogens is 262 g/mol. The molecule has 0 bridgehead atoms. The van der Waals surface area contributed by atoms with Crippen molar-refractivity contribution >= 4 is 17.6 Å². The molecule has 4 heteroatoms. The van der Waals surface area contributed by atoms with Crippen molar-refractivity contribution in [2.75, 3.05) is 20.2 Å². The fourth-order valence-electron chi connectivity index (χ4n) is 2.61. The van der Waals surface area contributed by atoms with E-state index in [-0.39, 0.29) is 12.0 Å². The van der Waals surface area contributed by atoms with Crippen LogP contribution in [0, 0.1) is 0 Å². The molecule has 0 aromatic heterocycles. The molecule has 104 valence electrons. The summed E-state index contributed by atoms with van der Waals surface area (Å²) in [6, 6.07) is 7.87. The number of piperidine rings is 1. The number of ether oxygens (including phenoxy) is 1. The lowest BCUT2D eigenvalue weighted by Gasteiger charge is -2.34. The minimum Gasteiger partial charge on any atom is -0.469 e. The average molecular weight is 282 g/mol. The SMILES string of the molecule is COC(=O)C[C@H](c1ccc(Cl)cc1)N1CCCCC1. The zero-order chi connectivity index (χ0) is 13.7. The molecule has 3 nitrogen and oxygen atoms in total. The smallest absolute Gasteiger partial charge is 0.307 e. The van der Waals surface area contributed by atoms with Gasteiger partial charge in [-0.05, 0) is 43.6 Å². The Morgan fingerprint density at radius 1 is 1.26 bits per heavy atom. The summed E-state index contributed by atoms with van der Waals surface area (Å²) in [6.07, 6.45) is 4.08. The Bertz CT molecular complexity index is 413. The van der Waals surface area contributed by atoms with Crippen LogP contribution in [0.15, 0.2) is 24.3 Å². The van der Waals surface area contributed by atoms with Crippen molar-refractivity contribution in [3.63, 3.8) is 0 Å². The average Bonchev–Trinajstić information content (AvgIpc) is 2.46. The zero-order valence-electron chi connectivity index (χ0n) is 11.3. The molecule has 19 heavy (non-hydrogen) atoms. The van der Waals surface area contributed by atoms with Crippen molar-refractivity contribution in [1.29, 1.82) is 0 Å². The Morgan fingerprint density at radius 2 is 1.89 bits per heavy atom. The predicted octanol–water partition coefficient (Wildman–Crippen LogP) is 3.43. The molecule has 0 spiro atoms. The Balaban J connectivity index is 2.17. The van der Waals surface area contributed by atoms with Gasteiger partial charge >= 0.3 is 5.97 Å². The van der Waals surface area contributed by atoms with E-state index in [9.17, 15) is 4.79 Å². The highest BCUT2D eigenvalue weighted by atomic mass is 35.5. The van der Waals surface area contributed by atoms with Crippen molar-refractivity contribution in [2.24, 2.45) is 0 Å². The summed E-state index contributed by atoms with van der Waals surface area (Å²) in [4.78, 5) is 14.0. The molecule has 1 aromatic carbocycles. The molecule has 0 saturated carbocycles. The summed E-state index contributed by atoms with van der Waals surface area (Å²) < 4.78 is 4.83. The lowest BCUT2D eigenvalue weighted by molar-refractivity contribution is -0.142. The van der Waals surface area contributed by atoms with E-state index in [2.05, 4.69) is 4.90 Å². The summed E-state index contributed by atoms with van der Waals surface area (Å²) in [6.45, 7) is 2.09. The second-order valence-corrected chi connectivity index (χ2v) is 5.38. The highest BCUT2D eigenvalue weighted by Crippen LogP contribution is 2.28. The molecule has 2 rings (SSSR count). The Labute approximate surface area is 119 Å². The van der Waals surface area contributed by atoms with Crippen molar-refractivity contribution < 1.29 is 9.53 Å². The summed E-state index contributed by atoms with van der Waals surface area (Å²) in [7, 11) is 1.44. The standard InChI is InChI=1S/C15H20ClNO2/c1-19-15(18)11-14(17-9-3-2-4-10-17)12-5-7-13(16)8-6-12/h5-8,14H,2-4,9-11H2,1H3/t14-/m1/s1. The Kier molecular flexibility index (Phi) is 5.23. The summed E-state index contributed by atoms with van der Waals surface area (Å²) in [5.41, 5.74) is 1.14. The van der Waals surface area contributed by atoms with E-state index < -0.39 is 0 Å². The molecule has 0 N–H and O–H groups in total. The molecule has 1 heterocycles. The third-order valence-corrected chi connectivity index (χ3v) is 3.93. The monoisotopic (exact) mass is 281 g/mol. The number of halogens is 1. The van der Waals surface area contributed by atoms with Crippen LogP contribution in [0.1, 0.15) is 37.3 Å². The first-order valence-corrected chi connectivity index (χ1v) is 7.15. The van der Waals surface area contributed by atoms with E-state index in [0.29, 0.717) is 6.42 Å². The number of rotatable bonds is 4. The van der Waals surface area contributed by atoms with Crippen LogP contribution in [0.25, 0.3) is 0 Å². The molecule has 1 aliphatic heterocycles. The van der Waals surface area contributed by atoms with Crippen LogP contribution in [0.3, 0.4) is 0 Å². The Hall–Kier alpha value is -1.06. The van der Waals surface area contributed by atoms with Gasteiger partial charge in [0, 0.05) is 11.1 Å². The molecule has 1 aromatic rings. The van der Waals surface area contributed by atoms with Crippen molar-refractivity contribution in [3.8, 4) is 0 Å². The molecule has 1 atom stereocenters. The zero-order valence-corrected chi connectivity index (χ0v) is 12.0. The van der Waals surface area contributed by atoms with E-state index in [1.807, 2.05) is 24.3 Å². The van der Waals surface area contributed by atoms with E-state index in [4.69, 9.17) is 16.3 Å². The van der Waals surface area contributed by atoms with Crippen LogP contribution in [0.5, 0.6) is 0 Å². The molecule has 0 amide bonds. The van der Waals surface area contributed by atoms with Crippen LogP contribution < -0.4 is 0 Å². The van der Waals surface area contributed by atoms with Gasteiger partial charge in [-0.2, -0.15) is 0 Å². The maximum Gasteiger partial charge on any atom is 0.307 e. The Morgan fingerprint density at radius 3 is 2.47 bits per heavy atom. The third kappa shape index (κ3) is 3.95.